The van der Waals surface area contributed by atoms with E-state index in [-0.39, 0.29) is 17.7 Å². The second-order valence-corrected chi connectivity index (χ2v) is 5.50. The molecule has 2 heterocycles. The van der Waals surface area contributed by atoms with E-state index < -0.39 is 0 Å². The molecule has 0 aromatic heterocycles. The highest BCUT2D eigenvalue weighted by Gasteiger charge is 2.52. The van der Waals surface area contributed by atoms with E-state index in [1.54, 1.807) is 0 Å². The molecule has 4 nitrogen and oxygen atoms in total. The lowest BCUT2D eigenvalue weighted by Gasteiger charge is -2.40. The molecule has 2 aliphatic heterocycles. The number of unbranched alkanes of at least 4 members (excludes halogenated alkanes) is 1. The predicted octanol–water partition coefficient (Wildman–Crippen LogP) is 2.09. The highest BCUT2D eigenvalue weighted by atomic mass is 16.6. The van der Waals surface area contributed by atoms with E-state index >= 15 is 0 Å². The number of hydrogen-bond acceptors (Lipinski definition) is 3. The number of likely N-dealkylation sites (tertiary alicyclic amines) is 1. The van der Waals surface area contributed by atoms with Gasteiger partial charge in [0.05, 0.1) is 6.04 Å². The number of nitrogens with zero attached hydrogens (tertiary/aromatic N) is 2. The Morgan fingerprint density at radius 2 is 2.00 bits per heavy atom. The number of piperidine rings is 1. The van der Waals surface area contributed by atoms with Gasteiger partial charge in [-0.1, -0.05) is 19.8 Å². The van der Waals surface area contributed by atoms with Crippen LogP contribution in [-0.4, -0.2) is 54.7 Å². The molecule has 1 amide bonds. The van der Waals surface area contributed by atoms with Gasteiger partial charge in [-0.2, -0.15) is 0 Å². The Bertz CT molecular complexity index is 285. The number of carbonyl (C=O) groups is 1. The SMILES string of the molecule is CCCCC1N(C)C(=O)OC12CCN(C)CC2. The molecule has 0 N–H and O–H groups in total. The summed E-state index contributed by atoms with van der Waals surface area (Å²) in [6.07, 6.45) is 5.25. The van der Waals surface area contributed by atoms with Gasteiger partial charge < -0.3 is 14.5 Å². The fourth-order valence-electron chi connectivity index (χ4n) is 3.08. The minimum Gasteiger partial charge on any atom is -0.440 e. The molecule has 17 heavy (non-hydrogen) atoms. The van der Waals surface area contributed by atoms with Gasteiger partial charge in [-0.3, -0.25) is 0 Å². The maximum Gasteiger partial charge on any atom is 0.410 e. The Labute approximate surface area is 104 Å². The summed E-state index contributed by atoms with van der Waals surface area (Å²) in [4.78, 5) is 15.9. The molecule has 0 bridgehead atoms. The Morgan fingerprint density at radius 3 is 2.59 bits per heavy atom. The molecule has 2 fully saturated rings. The summed E-state index contributed by atoms with van der Waals surface area (Å²) in [5.41, 5.74) is -0.201. The third-order valence-electron chi connectivity index (χ3n) is 4.32. The van der Waals surface area contributed by atoms with Crippen molar-refractivity contribution in [2.24, 2.45) is 0 Å². The minimum absolute atomic E-state index is 0.129. The van der Waals surface area contributed by atoms with Gasteiger partial charge in [-0.25, -0.2) is 4.79 Å². The van der Waals surface area contributed by atoms with Crippen LogP contribution < -0.4 is 0 Å². The first-order chi connectivity index (χ1) is 8.09. The topological polar surface area (TPSA) is 32.8 Å². The summed E-state index contributed by atoms with van der Waals surface area (Å²) in [7, 11) is 4.02. The standard InChI is InChI=1S/C13H24N2O2/c1-4-5-6-11-13(17-12(16)15(11)3)7-9-14(2)10-8-13/h11H,4-10H2,1-3H3. The number of carbonyl (C=O) groups excluding carboxylic acids is 1. The van der Waals surface area contributed by atoms with E-state index in [0.717, 1.165) is 32.4 Å². The molecule has 4 heteroatoms. The van der Waals surface area contributed by atoms with Crippen molar-refractivity contribution < 1.29 is 9.53 Å². The highest BCUT2D eigenvalue weighted by Crippen LogP contribution is 2.39. The summed E-state index contributed by atoms with van der Waals surface area (Å²) < 4.78 is 5.72. The molecule has 1 unspecified atom stereocenters. The first kappa shape index (κ1) is 12.7. The fraction of sp³-hybridized carbons (Fsp3) is 0.923. The van der Waals surface area contributed by atoms with Crippen molar-refractivity contribution in [3.63, 3.8) is 0 Å². The van der Waals surface area contributed by atoms with E-state index in [1.165, 1.54) is 12.8 Å². The number of likely N-dealkylation sites (N-methyl/N-ethyl adjacent to an activating group) is 1. The second kappa shape index (κ2) is 4.84. The molecular formula is C13H24N2O2. The summed E-state index contributed by atoms with van der Waals surface area (Å²) >= 11 is 0. The fourth-order valence-corrected chi connectivity index (χ4v) is 3.08. The number of amides is 1. The van der Waals surface area contributed by atoms with Crippen molar-refractivity contribution in [2.45, 2.75) is 50.7 Å². The quantitative estimate of drug-likeness (QED) is 0.757. The molecule has 0 aliphatic carbocycles. The third-order valence-corrected chi connectivity index (χ3v) is 4.32. The van der Waals surface area contributed by atoms with Gasteiger partial charge in [-0.05, 0) is 13.5 Å². The van der Waals surface area contributed by atoms with Crippen molar-refractivity contribution in [2.75, 3.05) is 27.2 Å². The second-order valence-electron chi connectivity index (χ2n) is 5.50. The molecule has 98 valence electrons. The first-order valence-electron chi connectivity index (χ1n) is 6.73. The molecule has 0 aromatic carbocycles. The van der Waals surface area contributed by atoms with Gasteiger partial charge in [0.1, 0.15) is 5.60 Å². The average molecular weight is 240 g/mol. The van der Waals surface area contributed by atoms with Crippen LogP contribution in [-0.2, 0) is 4.74 Å². The Hall–Kier alpha value is -0.770. The molecule has 0 radical (unpaired) electrons. The van der Waals surface area contributed by atoms with Crippen LogP contribution in [0.2, 0.25) is 0 Å². The Balaban J connectivity index is 2.10. The van der Waals surface area contributed by atoms with E-state index in [9.17, 15) is 4.79 Å². The zero-order chi connectivity index (χ0) is 12.5. The van der Waals surface area contributed by atoms with E-state index in [4.69, 9.17) is 4.74 Å². The largest absolute Gasteiger partial charge is 0.440 e. The first-order valence-corrected chi connectivity index (χ1v) is 6.73. The molecular weight excluding hydrogens is 216 g/mol. The van der Waals surface area contributed by atoms with Gasteiger partial charge in [0, 0.05) is 33.0 Å². The van der Waals surface area contributed by atoms with Gasteiger partial charge in [0.25, 0.3) is 0 Å². The molecule has 2 aliphatic rings. The Morgan fingerprint density at radius 1 is 1.35 bits per heavy atom. The summed E-state index contributed by atoms with van der Waals surface area (Å²) in [5.74, 6) is 0. The lowest BCUT2D eigenvalue weighted by atomic mass is 9.82. The smallest absolute Gasteiger partial charge is 0.410 e. The molecule has 1 spiro atoms. The van der Waals surface area contributed by atoms with Crippen LogP contribution in [0, 0.1) is 0 Å². The van der Waals surface area contributed by atoms with Crippen LogP contribution in [0.15, 0.2) is 0 Å². The summed E-state index contributed by atoms with van der Waals surface area (Å²) in [6.45, 7) is 4.26. The minimum atomic E-state index is -0.201. The van der Waals surface area contributed by atoms with E-state index in [0.29, 0.717) is 0 Å². The van der Waals surface area contributed by atoms with Crippen molar-refractivity contribution in [3.8, 4) is 0 Å². The zero-order valence-corrected chi connectivity index (χ0v) is 11.2. The molecule has 0 saturated carbocycles. The number of ether oxygens (including phenoxy) is 1. The normalized spacial score (nSPS) is 28.8. The number of rotatable bonds is 3. The average Bonchev–Trinajstić information content (AvgIpc) is 2.54. The van der Waals surface area contributed by atoms with Crippen molar-refractivity contribution in [1.82, 2.24) is 9.80 Å². The molecule has 1 atom stereocenters. The monoisotopic (exact) mass is 240 g/mol. The Kier molecular flexibility index (Phi) is 3.61. The molecule has 0 aromatic rings. The van der Waals surface area contributed by atoms with Crippen LogP contribution in [0.5, 0.6) is 0 Å². The van der Waals surface area contributed by atoms with Crippen molar-refractivity contribution in [3.05, 3.63) is 0 Å². The lowest BCUT2D eigenvalue weighted by Crippen LogP contribution is -2.51. The maximum atomic E-state index is 11.8. The van der Waals surface area contributed by atoms with Crippen LogP contribution in [0.1, 0.15) is 39.0 Å². The van der Waals surface area contributed by atoms with Crippen molar-refractivity contribution >= 4 is 6.09 Å². The van der Waals surface area contributed by atoms with Gasteiger partial charge >= 0.3 is 6.09 Å². The lowest BCUT2D eigenvalue weighted by molar-refractivity contribution is -0.0179. The number of hydrogen-bond donors (Lipinski definition) is 0. The van der Waals surface area contributed by atoms with Crippen LogP contribution in [0.3, 0.4) is 0 Å². The summed E-state index contributed by atoms with van der Waals surface area (Å²) in [6, 6.07) is 0.281. The zero-order valence-electron chi connectivity index (χ0n) is 11.2. The highest BCUT2D eigenvalue weighted by molar-refractivity contribution is 5.71. The van der Waals surface area contributed by atoms with E-state index in [1.807, 2.05) is 11.9 Å². The van der Waals surface area contributed by atoms with Crippen LogP contribution in [0.4, 0.5) is 4.79 Å². The predicted molar refractivity (Wildman–Crippen MR) is 67.0 cm³/mol. The van der Waals surface area contributed by atoms with Crippen LogP contribution in [0.25, 0.3) is 0 Å². The van der Waals surface area contributed by atoms with Crippen LogP contribution >= 0.6 is 0 Å². The van der Waals surface area contributed by atoms with Gasteiger partial charge in [0.2, 0.25) is 0 Å². The third kappa shape index (κ3) is 2.28. The van der Waals surface area contributed by atoms with Gasteiger partial charge in [-0.15, -0.1) is 0 Å². The maximum absolute atomic E-state index is 11.8. The van der Waals surface area contributed by atoms with Gasteiger partial charge in [0.15, 0.2) is 0 Å². The van der Waals surface area contributed by atoms with Crippen molar-refractivity contribution in [1.29, 1.82) is 0 Å². The molecule has 2 rings (SSSR count). The molecule has 2 saturated heterocycles. The summed E-state index contributed by atoms with van der Waals surface area (Å²) in [5, 5.41) is 0. The van der Waals surface area contributed by atoms with E-state index in [2.05, 4.69) is 18.9 Å².